The topological polar surface area (TPSA) is 21.6 Å². The van der Waals surface area contributed by atoms with E-state index in [4.69, 9.17) is 4.74 Å². The van der Waals surface area contributed by atoms with E-state index in [1.54, 1.807) is 7.11 Å². The van der Waals surface area contributed by atoms with Gasteiger partial charge in [-0.2, -0.15) is 0 Å². The SMILES string of the molecule is CCC1=CCC(C(C)C)N=C1OC. The fourth-order valence-corrected chi connectivity index (χ4v) is 1.54. The first kappa shape index (κ1) is 10.3. The molecule has 1 unspecified atom stereocenters. The van der Waals surface area contributed by atoms with E-state index in [0.29, 0.717) is 12.0 Å². The molecule has 1 heterocycles. The molecule has 0 aromatic rings. The van der Waals surface area contributed by atoms with Crippen molar-refractivity contribution in [3.05, 3.63) is 11.6 Å². The third-order valence-corrected chi connectivity index (χ3v) is 2.51. The Balaban J connectivity index is 2.75. The highest BCUT2D eigenvalue weighted by molar-refractivity contribution is 5.94. The van der Waals surface area contributed by atoms with E-state index in [2.05, 4.69) is 31.8 Å². The molecule has 74 valence electrons. The Bertz CT molecular complexity index is 228. The van der Waals surface area contributed by atoms with Gasteiger partial charge in [0.25, 0.3) is 0 Å². The molecule has 0 aromatic heterocycles. The van der Waals surface area contributed by atoms with E-state index < -0.39 is 0 Å². The van der Waals surface area contributed by atoms with Gasteiger partial charge in [0.15, 0.2) is 0 Å². The van der Waals surface area contributed by atoms with Crippen molar-refractivity contribution in [2.75, 3.05) is 7.11 Å². The first-order valence-corrected chi connectivity index (χ1v) is 5.00. The van der Waals surface area contributed by atoms with Crippen molar-refractivity contribution >= 4 is 5.90 Å². The van der Waals surface area contributed by atoms with Crippen molar-refractivity contribution in [2.45, 2.75) is 39.7 Å². The molecule has 0 radical (unpaired) electrons. The number of dihydropyridines is 1. The van der Waals surface area contributed by atoms with Gasteiger partial charge in [-0.25, -0.2) is 4.99 Å². The zero-order chi connectivity index (χ0) is 9.84. The van der Waals surface area contributed by atoms with Gasteiger partial charge >= 0.3 is 0 Å². The van der Waals surface area contributed by atoms with Crippen LogP contribution in [0.3, 0.4) is 0 Å². The molecule has 2 nitrogen and oxygen atoms in total. The van der Waals surface area contributed by atoms with Crippen molar-refractivity contribution in [3.63, 3.8) is 0 Å². The molecule has 1 aliphatic rings. The highest BCUT2D eigenvalue weighted by Crippen LogP contribution is 2.21. The third kappa shape index (κ3) is 2.33. The molecule has 0 fully saturated rings. The molecule has 0 spiro atoms. The highest BCUT2D eigenvalue weighted by atomic mass is 16.5. The maximum atomic E-state index is 5.26. The summed E-state index contributed by atoms with van der Waals surface area (Å²) in [6.45, 7) is 6.54. The number of hydrogen-bond acceptors (Lipinski definition) is 2. The van der Waals surface area contributed by atoms with E-state index >= 15 is 0 Å². The number of methoxy groups -OCH3 is 1. The lowest BCUT2D eigenvalue weighted by Gasteiger charge is -2.22. The minimum Gasteiger partial charge on any atom is -0.481 e. The van der Waals surface area contributed by atoms with Gasteiger partial charge in [0.05, 0.1) is 13.2 Å². The summed E-state index contributed by atoms with van der Waals surface area (Å²) in [6.07, 6.45) is 4.34. The van der Waals surface area contributed by atoms with Crippen LogP contribution in [-0.2, 0) is 4.74 Å². The van der Waals surface area contributed by atoms with Gasteiger partial charge in [0, 0.05) is 5.57 Å². The Morgan fingerprint density at radius 3 is 2.77 bits per heavy atom. The zero-order valence-electron chi connectivity index (χ0n) is 9.00. The third-order valence-electron chi connectivity index (χ3n) is 2.51. The van der Waals surface area contributed by atoms with Crippen molar-refractivity contribution in [1.29, 1.82) is 0 Å². The molecular weight excluding hydrogens is 162 g/mol. The lowest BCUT2D eigenvalue weighted by molar-refractivity contribution is 0.382. The van der Waals surface area contributed by atoms with Crippen LogP contribution in [0.25, 0.3) is 0 Å². The number of rotatable bonds is 2. The number of hydrogen-bond donors (Lipinski definition) is 0. The van der Waals surface area contributed by atoms with Crippen LogP contribution in [0.5, 0.6) is 0 Å². The summed E-state index contributed by atoms with van der Waals surface area (Å²) in [5.74, 6) is 1.44. The molecule has 0 saturated carbocycles. The lowest BCUT2D eigenvalue weighted by atomic mass is 9.97. The molecule has 0 amide bonds. The van der Waals surface area contributed by atoms with Crippen LogP contribution in [0, 0.1) is 5.92 Å². The van der Waals surface area contributed by atoms with E-state index in [0.717, 1.165) is 18.7 Å². The quantitative estimate of drug-likeness (QED) is 0.642. The smallest absolute Gasteiger partial charge is 0.211 e. The van der Waals surface area contributed by atoms with Crippen LogP contribution in [0.1, 0.15) is 33.6 Å². The second-order valence-corrected chi connectivity index (χ2v) is 3.77. The molecule has 0 aliphatic carbocycles. The molecule has 13 heavy (non-hydrogen) atoms. The van der Waals surface area contributed by atoms with Crippen LogP contribution in [-0.4, -0.2) is 19.0 Å². The van der Waals surface area contributed by atoms with E-state index in [1.165, 1.54) is 5.57 Å². The van der Waals surface area contributed by atoms with E-state index in [9.17, 15) is 0 Å². The first-order chi connectivity index (χ1) is 6.19. The summed E-state index contributed by atoms with van der Waals surface area (Å²) in [4.78, 5) is 4.58. The zero-order valence-corrected chi connectivity index (χ0v) is 9.00. The fourth-order valence-electron chi connectivity index (χ4n) is 1.54. The average Bonchev–Trinajstić information content (AvgIpc) is 2.16. The maximum Gasteiger partial charge on any atom is 0.211 e. The summed E-state index contributed by atoms with van der Waals surface area (Å²) in [5.41, 5.74) is 1.25. The Kier molecular flexibility index (Phi) is 3.52. The number of aliphatic imine (C=N–C) groups is 1. The Morgan fingerprint density at radius 1 is 1.62 bits per heavy atom. The van der Waals surface area contributed by atoms with Crippen molar-refractivity contribution in [3.8, 4) is 0 Å². The summed E-state index contributed by atoms with van der Waals surface area (Å²) < 4.78 is 5.26. The van der Waals surface area contributed by atoms with Crippen LogP contribution >= 0.6 is 0 Å². The second-order valence-electron chi connectivity index (χ2n) is 3.77. The van der Waals surface area contributed by atoms with Gasteiger partial charge in [-0.1, -0.05) is 26.8 Å². The minimum absolute atomic E-state index is 0.408. The highest BCUT2D eigenvalue weighted by Gasteiger charge is 2.18. The normalized spacial score (nSPS) is 22.7. The molecule has 0 N–H and O–H groups in total. The molecule has 0 saturated heterocycles. The predicted octanol–water partition coefficient (Wildman–Crippen LogP) is 2.80. The Hall–Kier alpha value is -0.790. The molecule has 0 bridgehead atoms. The first-order valence-electron chi connectivity index (χ1n) is 5.00. The Morgan fingerprint density at radius 2 is 2.31 bits per heavy atom. The second kappa shape index (κ2) is 4.45. The van der Waals surface area contributed by atoms with Crippen molar-refractivity contribution < 1.29 is 4.74 Å². The van der Waals surface area contributed by atoms with Crippen molar-refractivity contribution in [1.82, 2.24) is 0 Å². The van der Waals surface area contributed by atoms with E-state index in [1.807, 2.05) is 0 Å². The van der Waals surface area contributed by atoms with Crippen LogP contribution < -0.4 is 0 Å². The molecule has 1 atom stereocenters. The van der Waals surface area contributed by atoms with Crippen LogP contribution in [0.15, 0.2) is 16.6 Å². The fraction of sp³-hybridized carbons (Fsp3) is 0.727. The predicted molar refractivity (Wildman–Crippen MR) is 56.1 cm³/mol. The molecule has 0 aromatic carbocycles. The Labute approximate surface area is 80.7 Å². The minimum atomic E-state index is 0.408. The van der Waals surface area contributed by atoms with Gasteiger partial charge in [0.2, 0.25) is 5.90 Å². The lowest BCUT2D eigenvalue weighted by Crippen LogP contribution is -2.21. The van der Waals surface area contributed by atoms with Gasteiger partial charge in [-0.15, -0.1) is 0 Å². The van der Waals surface area contributed by atoms with Gasteiger partial charge < -0.3 is 4.74 Å². The number of ether oxygens (including phenoxy) is 1. The van der Waals surface area contributed by atoms with Crippen LogP contribution in [0.2, 0.25) is 0 Å². The number of nitrogens with zero attached hydrogens (tertiary/aromatic N) is 1. The summed E-state index contributed by atoms with van der Waals surface area (Å²) in [6, 6.07) is 0.408. The molecular formula is C11H19NO. The molecule has 1 aliphatic heterocycles. The summed E-state index contributed by atoms with van der Waals surface area (Å²) >= 11 is 0. The largest absolute Gasteiger partial charge is 0.481 e. The van der Waals surface area contributed by atoms with Gasteiger partial charge in [-0.05, 0) is 18.8 Å². The van der Waals surface area contributed by atoms with Gasteiger partial charge in [-0.3, -0.25) is 0 Å². The van der Waals surface area contributed by atoms with Crippen molar-refractivity contribution in [2.24, 2.45) is 10.9 Å². The summed E-state index contributed by atoms with van der Waals surface area (Å²) in [7, 11) is 1.70. The maximum absolute atomic E-state index is 5.26. The molecule has 2 heteroatoms. The molecule has 1 rings (SSSR count). The van der Waals surface area contributed by atoms with Gasteiger partial charge in [0.1, 0.15) is 0 Å². The van der Waals surface area contributed by atoms with E-state index in [-0.39, 0.29) is 0 Å². The summed E-state index contributed by atoms with van der Waals surface area (Å²) in [5, 5.41) is 0. The average molecular weight is 181 g/mol. The monoisotopic (exact) mass is 181 g/mol. The van der Waals surface area contributed by atoms with Crippen LogP contribution in [0.4, 0.5) is 0 Å². The standard InChI is InChI=1S/C11H19NO/c1-5-9-6-7-10(8(2)3)12-11(9)13-4/h6,8,10H,5,7H2,1-4H3.